The predicted octanol–water partition coefficient (Wildman–Crippen LogP) is 2.60. The van der Waals surface area contributed by atoms with Gasteiger partial charge in [-0.3, -0.25) is 9.69 Å². The van der Waals surface area contributed by atoms with Crippen LogP contribution in [0.15, 0.2) is 30.3 Å². The third kappa shape index (κ3) is 3.70. The minimum Gasteiger partial charge on any atom is -0.385 e. The molecule has 1 aromatic carbocycles. The maximum atomic E-state index is 13.0. The van der Waals surface area contributed by atoms with E-state index in [0.29, 0.717) is 25.6 Å². The summed E-state index contributed by atoms with van der Waals surface area (Å²) in [5, 5.41) is 9.59. The summed E-state index contributed by atoms with van der Waals surface area (Å²) in [5.74, 6) is 0.295. The normalized spacial score (nSPS) is 21.2. The summed E-state index contributed by atoms with van der Waals surface area (Å²) in [6.45, 7) is 3.56. The molecule has 2 aliphatic rings. The minimum absolute atomic E-state index is 0.188. The first kappa shape index (κ1) is 17.9. The molecule has 0 aromatic heterocycles. The first-order valence-corrected chi connectivity index (χ1v) is 9.17. The van der Waals surface area contributed by atoms with Gasteiger partial charge in [0.05, 0.1) is 11.5 Å². The fourth-order valence-corrected chi connectivity index (χ4v) is 3.99. The molecule has 1 saturated heterocycles. The molecule has 1 atom stereocenters. The van der Waals surface area contributed by atoms with Crippen molar-refractivity contribution in [1.82, 2.24) is 9.80 Å². The Bertz CT molecular complexity index is 614. The van der Waals surface area contributed by atoms with Gasteiger partial charge in [-0.15, -0.1) is 0 Å². The predicted molar refractivity (Wildman–Crippen MR) is 95.7 cm³/mol. The number of carbonyl (C=O) groups is 1. The van der Waals surface area contributed by atoms with E-state index in [4.69, 9.17) is 4.74 Å². The number of carbonyl (C=O) groups excluding carboxylic acids is 1. The highest BCUT2D eigenvalue weighted by Gasteiger charge is 2.46. The molecule has 0 N–H and O–H groups in total. The molecule has 0 radical (unpaired) electrons. The average Bonchev–Trinajstić information content (AvgIpc) is 2.63. The van der Waals surface area contributed by atoms with Crippen LogP contribution >= 0.6 is 0 Å². The summed E-state index contributed by atoms with van der Waals surface area (Å²) in [6.07, 6.45) is 3.94. The Labute approximate surface area is 150 Å². The molecule has 3 rings (SSSR count). The average molecular weight is 341 g/mol. The van der Waals surface area contributed by atoms with Crippen LogP contribution in [-0.2, 0) is 9.53 Å². The highest BCUT2D eigenvalue weighted by molar-refractivity contribution is 5.83. The van der Waals surface area contributed by atoms with Crippen LogP contribution < -0.4 is 0 Å². The van der Waals surface area contributed by atoms with Crippen molar-refractivity contribution in [3.05, 3.63) is 35.9 Å². The number of ether oxygens (including phenoxy) is 1. The Balaban J connectivity index is 1.60. The molecule has 1 aromatic rings. The van der Waals surface area contributed by atoms with Crippen molar-refractivity contribution < 1.29 is 9.53 Å². The van der Waals surface area contributed by atoms with Crippen molar-refractivity contribution in [2.75, 3.05) is 39.9 Å². The topological polar surface area (TPSA) is 56.6 Å². The van der Waals surface area contributed by atoms with Gasteiger partial charge in [0.25, 0.3) is 0 Å². The van der Waals surface area contributed by atoms with Crippen LogP contribution in [0, 0.1) is 16.7 Å². The molecular weight excluding hydrogens is 314 g/mol. The first-order chi connectivity index (χ1) is 12.2. The van der Waals surface area contributed by atoms with Crippen LogP contribution in [0.4, 0.5) is 0 Å². The van der Waals surface area contributed by atoms with E-state index in [1.807, 2.05) is 35.2 Å². The van der Waals surface area contributed by atoms with Crippen LogP contribution in [0.5, 0.6) is 0 Å². The zero-order valence-corrected chi connectivity index (χ0v) is 15.0. The maximum absolute atomic E-state index is 13.0. The Morgan fingerprint density at radius 1 is 1.24 bits per heavy atom. The number of nitriles is 1. The molecule has 1 saturated carbocycles. The molecule has 1 aliphatic heterocycles. The zero-order valence-electron chi connectivity index (χ0n) is 15.0. The minimum atomic E-state index is -0.232. The van der Waals surface area contributed by atoms with Crippen LogP contribution in [0.1, 0.15) is 37.3 Å². The van der Waals surface area contributed by atoms with Gasteiger partial charge in [-0.2, -0.15) is 5.26 Å². The third-order valence-corrected chi connectivity index (χ3v) is 5.75. The smallest absolute Gasteiger partial charge is 0.228 e. The van der Waals surface area contributed by atoms with E-state index in [9.17, 15) is 10.1 Å². The Hall–Kier alpha value is -1.90. The fraction of sp³-hybridized carbons (Fsp3) is 0.600. The number of methoxy groups -OCH3 is 1. The molecule has 2 fully saturated rings. The van der Waals surface area contributed by atoms with E-state index in [2.05, 4.69) is 11.0 Å². The molecule has 1 aliphatic carbocycles. The van der Waals surface area contributed by atoms with Crippen molar-refractivity contribution in [3.8, 4) is 6.07 Å². The number of amides is 1. The highest BCUT2D eigenvalue weighted by atomic mass is 16.5. The standard InChI is InChI=1S/C20H27N3O2/c1-25-15-10-20(8-5-9-20)19(24)23-13-11-22(12-14-23)18(16-21)17-6-3-2-4-7-17/h2-4,6-7,18H,5,8-15H2,1H3. The number of benzene rings is 1. The second-order valence-corrected chi connectivity index (χ2v) is 7.15. The quantitative estimate of drug-likeness (QED) is 0.798. The van der Waals surface area contributed by atoms with Gasteiger partial charge in [0.1, 0.15) is 6.04 Å². The highest BCUT2D eigenvalue weighted by Crippen LogP contribution is 2.45. The van der Waals surface area contributed by atoms with E-state index >= 15 is 0 Å². The Morgan fingerprint density at radius 3 is 2.44 bits per heavy atom. The monoisotopic (exact) mass is 341 g/mol. The van der Waals surface area contributed by atoms with Crippen LogP contribution in [-0.4, -0.2) is 55.6 Å². The molecule has 1 amide bonds. The van der Waals surface area contributed by atoms with Crippen molar-refractivity contribution in [1.29, 1.82) is 5.26 Å². The lowest BCUT2D eigenvalue weighted by Gasteiger charge is -2.46. The summed E-state index contributed by atoms with van der Waals surface area (Å²) in [5.41, 5.74) is 0.840. The summed E-state index contributed by atoms with van der Waals surface area (Å²) < 4.78 is 5.21. The van der Waals surface area contributed by atoms with E-state index in [0.717, 1.165) is 44.3 Å². The summed E-state index contributed by atoms with van der Waals surface area (Å²) in [6, 6.07) is 12.1. The zero-order chi connectivity index (χ0) is 17.7. The second-order valence-electron chi connectivity index (χ2n) is 7.15. The maximum Gasteiger partial charge on any atom is 0.228 e. The second kappa shape index (κ2) is 7.99. The van der Waals surface area contributed by atoms with Gasteiger partial charge in [0, 0.05) is 39.9 Å². The van der Waals surface area contributed by atoms with E-state index in [-0.39, 0.29) is 11.5 Å². The van der Waals surface area contributed by atoms with Gasteiger partial charge in [0.15, 0.2) is 0 Å². The van der Waals surface area contributed by atoms with Crippen molar-refractivity contribution in [2.24, 2.45) is 5.41 Å². The SMILES string of the molecule is COCCC1(C(=O)N2CCN(C(C#N)c3ccccc3)CC2)CCC1. The van der Waals surface area contributed by atoms with Crippen molar-refractivity contribution >= 4 is 5.91 Å². The lowest BCUT2D eigenvalue weighted by molar-refractivity contribution is -0.151. The molecular formula is C20H27N3O2. The van der Waals surface area contributed by atoms with Gasteiger partial charge in [-0.1, -0.05) is 36.8 Å². The number of piperazine rings is 1. The number of nitrogens with zero attached hydrogens (tertiary/aromatic N) is 3. The largest absolute Gasteiger partial charge is 0.385 e. The van der Waals surface area contributed by atoms with Gasteiger partial charge in [-0.05, 0) is 24.8 Å². The molecule has 5 heteroatoms. The van der Waals surface area contributed by atoms with E-state index in [1.165, 1.54) is 0 Å². The van der Waals surface area contributed by atoms with Gasteiger partial charge >= 0.3 is 0 Å². The molecule has 1 heterocycles. The van der Waals surface area contributed by atoms with Crippen LogP contribution in [0.25, 0.3) is 0 Å². The Kier molecular flexibility index (Phi) is 5.72. The number of hydrogen-bond donors (Lipinski definition) is 0. The van der Waals surface area contributed by atoms with E-state index in [1.54, 1.807) is 7.11 Å². The summed E-state index contributed by atoms with van der Waals surface area (Å²) in [4.78, 5) is 17.2. The summed E-state index contributed by atoms with van der Waals surface area (Å²) >= 11 is 0. The number of hydrogen-bond acceptors (Lipinski definition) is 4. The number of rotatable bonds is 6. The molecule has 0 bridgehead atoms. The fourth-order valence-electron chi connectivity index (χ4n) is 3.99. The molecule has 5 nitrogen and oxygen atoms in total. The third-order valence-electron chi connectivity index (χ3n) is 5.75. The lowest BCUT2D eigenvalue weighted by Crippen LogP contribution is -2.55. The van der Waals surface area contributed by atoms with Gasteiger partial charge in [-0.25, -0.2) is 0 Å². The van der Waals surface area contributed by atoms with Crippen molar-refractivity contribution in [2.45, 2.75) is 31.7 Å². The first-order valence-electron chi connectivity index (χ1n) is 9.17. The van der Waals surface area contributed by atoms with Crippen LogP contribution in [0.2, 0.25) is 0 Å². The van der Waals surface area contributed by atoms with Gasteiger partial charge in [0.2, 0.25) is 5.91 Å². The molecule has 0 spiro atoms. The van der Waals surface area contributed by atoms with Gasteiger partial charge < -0.3 is 9.64 Å². The van der Waals surface area contributed by atoms with Crippen LogP contribution in [0.3, 0.4) is 0 Å². The van der Waals surface area contributed by atoms with Crippen molar-refractivity contribution in [3.63, 3.8) is 0 Å². The molecule has 25 heavy (non-hydrogen) atoms. The molecule has 134 valence electrons. The lowest BCUT2D eigenvalue weighted by atomic mass is 9.65. The van der Waals surface area contributed by atoms with E-state index < -0.39 is 0 Å². The molecule has 1 unspecified atom stereocenters. The summed E-state index contributed by atoms with van der Waals surface area (Å²) in [7, 11) is 1.70. The Morgan fingerprint density at radius 2 is 1.92 bits per heavy atom.